The monoisotopic (exact) mass is 390 g/mol. The van der Waals surface area contributed by atoms with Gasteiger partial charge in [0.15, 0.2) is 0 Å². The van der Waals surface area contributed by atoms with Gasteiger partial charge in [0.25, 0.3) is 5.69 Å². The minimum absolute atomic E-state index is 0.0643. The summed E-state index contributed by atoms with van der Waals surface area (Å²) < 4.78 is 0.569. The molecule has 0 radical (unpaired) electrons. The topological polar surface area (TPSA) is 87.5 Å². The van der Waals surface area contributed by atoms with Gasteiger partial charge in [-0.15, -0.1) is 0 Å². The van der Waals surface area contributed by atoms with Crippen molar-refractivity contribution in [1.29, 1.82) is 0 Å². The second-order valence-electron chi connectivity index (χ2n) is 4.42. The molecular weight excluding hydrogens is 375 g/mol. The van der Waals surface area contributed by atoms with Gasteiger partial charge in [0.1, 0.15) is 6.04 Å². The summed E-state index contributed by atoms with van der Waals surface area (Å²) in [7, 11) is 1.61. The van der Waals surface area contributed by atoms with Gasteiger partial charge in [0.05, 0.1) is 8.49 Å². The van der Waals surface area contributed by atoms with Crippen LogP contribution in [-0.4, -0.2) is 43.6 Å². The average Bonchev–Trinajstić information content (AvgIpc) is 2.46. The molecule has 0 aliphatic carbocycles. The molecule has 1 aliphatic rings. The van der Waals surface area contributed by atoms with Crippen LogP contribution in [0, 0.1) is 13.7 Å². The molecule has 1 atom stereocenters. The van der Waals surface area contributed by atoms with Crippen LogP contribution in [0.25, 0.3) is 0 Å². The van der Waals surface area contributed by atoms with Crippen molar-refractivity contribution >= 4 is 39.9 Å². The van der Waals surface area contributed by atoms with E-state index in [1.54, 1.807) is 19.2 Å². The third-order valence-corrected chi connectivity index (χ3v) is 4.12. The summed E-state index contributed by atoms with van der Waals surface area (Å²) in [5.74, 6) is -0.0643. The maximum Gasteiger partial charge on any atom is 0.282 e. The van der Waals surface area contributed by atoms with E-state index >= 15 is 0 Å². The first-order chi connectivity index (χ1) is 9.54. The Morgan fingerprint density at radius 1 is 1.60 bits per heavy atom. The molecule has 2 rings (SSSR count). The zero-order chi connectivity index (χ0) is 14.7. The molecule has 1 aliphatic heterocycles. The minimum Gasteiger partial charge on any atom is -0.357 e. The van der Waals surface area contributed by atoms with Crippen LogP contribution in [0.4, 0.5) is 11.4 Å². The molecule has 1 aromatic rings. The van der Waals surface area contributed by atoms with E-state index in [1.165, 1.54) is 6.07 Å². The van der Waals surface area contributed by atoms with Crippen LogP contribution in [0.1, 0.15) is 0 Å². The molecular formula is C12H15IN4O3. The zero-order valence-electron chi connectivity index (χ0n) is 10.9. The van der Waals surface area contributed by atoms with Crippen molar-refractivity contribution in [1.82, 2.24) is 10.6 Å². The number of anilines is 1. The summed E-state index contributed by atoms with van der Waals surface area (Å²) in [6, 6.07) is 4.63. The number of amides is 1. The van der Waals surface area contributed by atoms with E-state index in [9.17, 15) is 14.9 Å². The van der Waals surface area contributed by atoms with Crippen molar-refractivity contribution in [3.63, 3.8) is 0 Å². The fourth-order valence-electron chi connectivity index (χ4n) is 2.24. The van der Waals surface area contributed by atoms with E-state index in [0.29, 0.717) is 16.7 Å². The number of nitro benzene ring substituents is 1. The summed E-state index contributed by atoms with van der Waals surface area (Å²) in [5.41, 5.74) is 0.913. The van der Waals surface area contributed by atoms with E-state index in [2.05, 4.69) is 10.6 Å². The van der Waals surface area contributed by atoms with Gasteiger partial charge in [0.2, 0.25) is 5.91 Å². The molecule has 1 unspecified atom stereocenters. The molecule has 7 nitrogen and oxygen atoms in total. The van der Waals surface area contributed by atoms with Crippen LogP contribution < -0.4 is 15.5 Å². The number of carbonyl (C=O) groups is 1. The number of benzene rings is 1. The molecule has 2 N–H and O–H groups in total. The maximum absolute atomic E-state index is 11.9. The van der Waals surface area contributed by atoms with Crippen LogP contribution in [0.2, 0.25) is 0 Å². The first-order valence-electron chi connectivity index (χ1n) is 6.17. The molecule has 1 amide bonds. The summed E-state index contributed by atoms with van der Waals surface area (Å²) in [4.78, 5) is 24.3. The molecule has 1 fully saturated rings. The fourth-order valence-corrected chi connectivity index (χ4v) is 2.93. The Morgan fingerprint density at radius 3 is 2.95 bits per heavy atom. The molecule has 0 bridgehead atoms. The molecule has 0 saturated carbocycles. The van der Waals surface area contributed by atoms with E-state index < -0.39 is 4.92 Å². The summed E-state index contributed by atoms with van der Waals surface area (Å²) in [6.07, 6.45) is 0. The van der Waals surface area contributed by atoms with Crippen molar-refractivity contribution in [3.8, 4) is 0 Å². The number of nitro groups is 1. The molecule has 20 heavy (non-hydrogen) atoms. The Balaban J connectivity index is 2.31. The van der Waals surface area contributed by atoms with Gasteiger partial charge < -0.3 is 15.5 Å². The number of carbonyl (C=O) groups excluding carboxylic acids is 1. The molecule has 0 spiro atoms. The van der Waals surface area contributed by atoms with Crippen LogP contribution in [0.3, 0.4) is 0 Å². The number of halogens is 1. The number of rotatable bonds is 3. The molecule has 108 valence electrons. The van der Waals surface area contributed by atoms with E-state index in [4.69, 9.17) is 0 Å². The maximum atomic E-state index is 11.9. The lowest BCUT2D eigenvalue weighted by molar-refractivity contribution is -0.385. The standard InChI is InChI=1S/C12H15IN4O3/c1-14-12(18)11-7-15-4-5-16(11)8-2-3-10(17(19)20)9(13)6-8/h2-3,6,11,15H,4-5,7H2,1H3,(H,14,18). The third-order valence-electron chi connectivity index (χ3n) is 3.25. The first kappa shape index (κ1) is 15.0. The van der Waals surface area contributed by atoms with Gasteiger partial charge in [-0.2, -0.15) is 0 Å². The van der Waals surface area contributed by atoms with E-state index in [1.807, 2.05) is 27.5 Å². The number of nitrogens with one attached hydrogen (secondary N) is 2. The number of nitrogens with zero attached hydrogens (tertiary/aromatic N) is 2. The SMILES string of the molecule is CNC(=O)C1CNCCN1c1ccc([N+](=O)[O-])c(I)c1. The predicted octanol–water partition coefficient (Wildman–Crippen LogP) is 0.724. The predicted molar refractivity (Wildman–Crippen MR) is 83.9 cm³/mol. The third kappa shape index (κ3) is 3.01. The van der Waals surface area contributed by atoms with Crippen LogP contribution in [-0.2, 0) is 4.79 Å². The Labute approximate surface area is 130 Å². The highest BCUT2D eigenvalue weighted by Gasteiger charge is 2.28. The molecule has 1 aromatic carbocycles. The smallest absolute Gasteiger partial charge is 0.282 e. The van der Waals surface area contributed by atoms with Crippen molar-refractivity contribution in [2.75, 3.05) is 31.6 Å². The van der Waals surface area contributed by atoms with Gasteiger partial charge in [-0.05, 0) is 34.7 Å². The highest BCUT2D eigenvalue weighted by atomic mass is 127. The lowest BCUT2D eigenvalue weighted by Gasteiger charge is -2.36. The Kier molecular flexibility index (Phi) is 4.76. The fraction of sp³-hybridized carbons (Fsp3) is 0.417. The second-order valence-corrected chi connectivity index (χ2v) is 5.58. The van der Waals surface area contributed by atoms with Gasteiger partial charge in [0, 0.05) is 38.4 Å². The van der Waals surface area contributed by atoms with Crippen LogP contribution >= 0.6 is 22.6 Å². The summed E-state index contributed by atoms with van der Waals surface area (Å²) in [5, 5.41) is 16.7. The number of hydrogen-bond acceptors (Lipinski definition) is 5. The Hall–Kier alpha value is -1.42. The first-order valence-corrected chi connectivity index (χ1v) is 7.25. The molecule has 0 aromatic heterocycles. The Bertz CT molecular complexity index is 537. The van der Waals surface area contributed by atoms with Gasteiger partial charge >= 0.3 is 0 Å². The zero-order valence-corrected chi connectivity index (χ0v) is 13.1. The minimum atomic E-state index is -0.403. The van der Waals surface area contributed by atoms with Crippen LogP contribution in [0.15, 0.2) is 18.2 Å². The quantitative estimate of drug-likeness (QED) is 0.451. The van der Waals surface area contributed by atoms with E-state index in [0.717, 1.165) is 12.2 Å². The highest BCUT2D eigenvalue weighted by molar-refractivity contribution is 14.1. The normalized spacial score (nSPS) is 18.7. The van der Waals surface area contributed by atoms with Gasteiger partial charge in [-0.1, -0.05) is 0 Å². The highest BCUT2D eigenvalue weighted by Crippen LogP contribution is 2.27. The number of likely N-dealkylation sites (N-methyl/N-ethyl adjacent to an activating group) is 1. The second kappa shape index (κ2) is 6.35. The molecule has 1 heterocycles. The van der Waals surface area contributed by atoms with Crippen LogP contribution in [0.5, 0.6) is 0 Å². The van der Waals surface area contributed by atoms with E-state index in [-0.39, 0.29) is 17.6 Å². The molecule has 8 heteroatoms. The van der Waals surface area contributed by atoms with Crippen molar-refractivity contribution in [2.45, 2.75) is 6.04 Å². The van der Waals surface area contributed by atoms with Crippen molar-refractivity contribution in [2.24, 2.45) is 0 Å². The van der Waals surface area contributed by atoms with Crippen molar-refractivity contribution in [3.05, 3.63) is 31.9 Å². The molecule has 1 saturated heterocycles. The largest absolute Gasteiger partial charge is 0.357 e. The summed E-state index contributed by atoms with van der Waals surface area (Å²) >= 11 is 1.95. The number of hydrogen-bond donors (Lipinski definition) is 2. The van der Waals surface area contributed by atoms with Crippen molar-refractivity contribution < 1.29 is 9.72 Å². The van der Waals surface area contributed by atoms with Gasteiger partial charge in [-0.25, -0.2) is 0 Å². The Morgan fingerprint density at radius 2 is 2.35 bits per heavy atom. The van der Waals surface area contributed by atoms with Gasteiger partial charge in [-0.3, -0.25) is 14.9 Å². The lowest BCUT2D eigenvalue weighted by atomic mass is 10.1. The number of piperazine rings is 1. The average molecular weight is 390 g/mol. The lowest BCUT2D eigenvalue weighted by Crippen LogP contribution is -2.57. The summed E-state index contributed by atoms with van der Waals surface area (Å²) in [6.45, 7) is 2.03.